The van der Waals surface area contributed by atoms with Crippen LogP contribution in [-0.4, -0.2) is 19.1 Å². The second kappa shape index (κ2) is 10.4. The predicted molar refractivity (Wildman–Crippen MR) is 209 cm³/mol. The number of hydrogen-bond donors (Lipinski definition) is 0. The molecule has 232 valence electrons. The topological polar surface area (TPSA) is 35.6 Å². The van der Waals surface area contributed by atoms with Gasteiger partial charge in [0.05, 0.1) is 33.3 Å². The van der Waals surface area contributed by atoms with Crippen LogP contribution in [0.15, 0.2) is 170 Å². The van der Waals surface area contributed by atoms with Crippen molar-refractivity contribution in [3.8, 4) is 22.9 Å². The predicted octanol–water partition coefficient (Wildman–Crippen LogP) is 11.8. The van der Waals surface area contributed by atoms with Gasteiger partial charge in [0.1, 0.15) is 0 Å². The van der Waals surface area contributed by atoms with Gasteiger partial charge in [0.15, 0.2) is 0 Å². The molecule has 0 atom stereocenters. The van der Waals surface area contributed by atoms with E-state index < -0.39 is 0 Å². The van der Waals surface area contributed by atoms with E-state index in [9.17, 15) is 0 Å². The third kappa shape index (κ3) is 3.87. The first-order valence-electron chi connectivity index (χ1n) is 17.0. The number of fused-ring (bicyclic) bond motifs is 10. The second-order valence-corrected chi connectivity index (χ2v) is 13.0. The summed E-state index contributed by atoms with van der Waals surface area (Å²) in [6.45, 7) is 0. The van der Waals surface area contributed by atoms with Crippen molar-refractivity contribution < 1.29 is 0 Å². The number of para-hydroxylation sites is 2. The van der Waals surface area contributed by atoms with Crippen molar-refractivity contribution >= 4 is 76.1 Å². The molecule has 4 heteroatoms. The SMILES string of the molecule is c1ccc(-c2nc(-n3c4ccc(-n5c6ccccc6c6c7ccccc7ccc65)cc4c4cc5ccccc5cc43)nc3ccccc23)cc1. The number of rotatable bonds is 3. The highest BCUT2D eigenvalue weighted by Gasteiger charge is 2.20. The first-order valence-corrected chi connectivity index (χ1v) is 17.0. The van der Waals surface area contributed by atoms with E-state index in [2.05, 4.69) is 173 Å². The van der Waals surface area contributed by atoms with Gasteiger partial charge in [-0.15, -0.1) is 0 Å². The summed E-state index contributed by atoms with van der Waals surface area (Å²) in [5.41, 5.74) is 8.58. The summed E-state index contributed by atoms with van der Waals surface area (Å²) >= 11 is 0. The highest BCUT2D eigenvalue weighted by atomic mass is 15.2. The smallest absolute Gasteiger partial charge is 0.235 e. The summed E-state index contributed by atoms with van der Waals surface area (Å²) in [5.74, 6) is 0.661. The molecule has 0 aliphatic rings. The van der Waals surface area contributed by atoms with Crippen molar-refractivity contribution in [2.75, 3.05) is 0 Å². The van der Waals surface area contributed by atoms with Crippen molar-refractivity contribution in [3.05, 3.63) is 170 Å². The molecule has 0 aliphatic carbocycles. The Balaban J connectivity index is 1.24. The van der Waals surface area contributed by atoms with E-state index in [1.54, 1.807) is 0 Å². The average Bonchev–Trinajstić information content (AvgIpc) is 3.69. The van der Waals surface area contributed by atoms with Gasteiger partial charge in [-0.05, 0) is 70.1 Å². The van der Waals surface area contributed by atoms with Gasteiger partial charge in [-0.3, -0.25) is 4.57 Å². The quantitative estimate of drug-likeness (QED) is 0.193. The minimum absolute atomic E-state index is 0.661. The van der Waals surface area contributed by atoms with Gasteiger partial charge in [0, 0.05) is 38.2 Å². The molecule has 11 rings (SSSR count). The maximum atomic E-state index is 5.32. The Kier molecular flexibility index (Phi) is 5.63. The van der Waals surface area contributed by atoms with E-state index >= 15 is 0 Å². The summed E-state index contributed by atoms with van der Waals surface area (Å²) in [5, 5.41) is 10.8. The minimum Gasteiger partial charge on any atom is -0.309 e. The van der Waals surface area contributed by atoms with Crippen molar-refractivity contribution in [2.24, 2.45) is 0 Å². The van der Waals surface area contributed by atoms with E-state index in [1.165, 1.54) is 48.7 Å². The summed E-state index contributed by atoms with van der Waals surface area (Å²) in [6, 6.07) is 60.7. The van der Waals surface area contributed by atoms with Gasteiger partial charge in [0.25, 0.3) is 0 Å². The zero-order chi connectivity index (χ0) is 32.8. The third-order valence-electron chi connectivity index (χ3n) is 10.3. The zero-order valence-corrected chi connectivity index (χ0v) is 27.0. The Morgan fingerprint density at radius 3 is 1.86 bits per heavy atom. The number of aromatic nitrogens is 4. The van der Waals surface area contributed by atoms with E-state index in [0.717, 1.165) is 44.3 Å². The Morgan fingerprint density at radius 1 is 0.360 bits per heavy atom. The van der Waals surface area contributed by atoms with Crippen LogP contribution < -0.4 is 0 Å². The van der Waals surface area contributed by atoms with Crippen LogP contribution in [0.2, 0.25) is 0 Å². The maximum absolute atomic E-state index is 5.32. The molecule has 4 nitrogen and oxygen atoms in total. The van der Waals surface area contributed by atoms with E-state index in [1.807, 2.05) is 6.07 Å². The van der Waals surface area contributed by atoms with E-state index in [4.69, 9.17) is 9.97 Å². The van der Waals surface area contributed by atoms with Gasteiger partial charge in [-0.1, -0.05) is 121 Å². The lowest BCUT2D eigenvalue weighted by Gasteiger charge is -2.12. The van der Waals surface area contributed by atoms with Crippen LogP contribution in [0, 0.1) is 0 Å². The highest BCUT2D eigenvalue weighted by Crippen LogP contribution is 2.40. The van der Waals surface area contributed by atoms with Crippen LogP contribution >= 0.6 is 0 Å². The molecule has 11 aromatic rings. The third-order valence-corrected chi connectivity index (χ3v) is 10.3. The molecule has 0 radical (unpaired) electrons. The Morgan fingerprint density at radius 2 is 1.00 bits per heavy atom. The maximum Gasteiger partial charge on any atom is 0.235 e. The largest absolute Gasteiger partial charge is 0.309 e. The van der Waals surface area contributed by atoms with Crippen LogP contribution in [-0.2, 0) is 0 Å². The number of nitrogens with zero attached hydrogens (tertiary/aromatic N) is 4. The molecule has 3 aromatic heterocycles. The van der Waals surface area contributed by atoms with Crippen LogP contribution in [0.3, 0.4) is 0 Å². The number of hydrogen-bond acceptors (Lipinski definition) is 2. The van der Waals surface area contributed by atoms with Crippen LogP contribution in [0.5, 0.6) is 0 Å². The average molecular weight is 637 g/mol. The summed E-state index contributed by atoms with van der Waals surface area (Å²) < 4.78 is 4.67. The zero-order valence-electron chi connectivity index (χ0n) is 27.0. The summed E-state index contributed by atoms with van der Waals surface area (Å²) in [7, 11) is 0. The Labute approximate surface area is 287 Å². The Hall–Kier alpha value is -6.78. The molecule has 0 saturated carbocycles. The summed E-state index contributed by atoms with van der Waals surface area (Å²) in [6.07, 6.45) is 0. The fraction of sp³-hybridized carbons (Fsp3) is 0. The van der Waals surface area contributed by atoms with Crippen molar-refractivity contribution in [1.29, 1.82) is 0 Å². The van der Waals surface area contributed by atoms with E-state index in [0.29, 0.717) is 5.95 Å². The van der Waals surface area contributed by atoms with Gasteiger partial charge >= 0.3 is 0 Å². The van der Waals surface area contributed by atoms with Crippen LogP contribution in [0.1, 0.15) is 0 Å². The lowest BCUT2D eigenvalue weighted by molar-refractivity contribution is 1.01. The second-order valence-electron chi connectivity index (χ2n) is 13.0. The molecular weight excluding hydrogens is 609 g/mol. The molecular formula is C46H28N4. The van der Waals surface area contributed by atoms with E-state index in [-0.39, 0.29) is 0 Å². The Bertz CT molecular complexity index is 3150. The molecule has 0 saturated heterocycles. The molecule has 0 fully saturated rings. The fourth-order valence-corrected chi connectivity index (χ4v) is 8.05. The number of benzene rings is 8. The van der Waals surface area contributed by atoms with Gasteiger partial charge < -0.3 is 4.57 Å². The van der Waals surface area contributed by atoms with Crippen molar-refractivity contribution in [2.45, 2.75) is 0 Å². The lowest BCUT2D eigenvalue weighted by Crippen LogP contribution is -2.03. The van der Waals surface area contributed by atoms with Gasteiger partial charge in [-0.25, -0.2) is 9.97 Å². The molecule has 0 bridgehead atoms. The normalized spacial score (nSPS) is 12.0. The lowest BCUT2D eigenvalue weighted by atomic mass is 10.0. The molecule has 0 spiro atoms. The standard InChI is InChI=1S/C46H28N4/c1-2-13-30(14-3-1)45-35-18-8-10-20-39(35)47-46(48-45)50-41-25-23-33(28-38(41)37-26-31-15-4-5-16-32(31)27-43(37)50)49-40-21-11-9-19-36(40)44-34-17-7-6-12-29(34)22-24-42(44)49/h1-28H. The molecule has 0 amide bonds. The molecule has 0 N–H and O–H groups in total. The van der Waals surface area contributed by atoms with Gasteiger partial charge in [0.2, 0.25) is 5.95 Å². The molecule has 0 unspecified atom stereocenters. The first kappa shape index (κ1) is 27.2. The molecule has 0 aliphatic heterocycles. The minimum atomic E-state index is 0.661. The van der Waals surface area contributed by atoms with Gasteiger partial charge in [-0.2, -0.15) is 0 Å². The summed E-state index contributed by atoms with van der Waals surface area (Å²) in [4.78, 5) is 10.5. The molecule has 8 aromatic carbocycles. The molecule has 3 heterocycles. The molecule has 50 heavy (non-hydrogen) atoms. The monoisotopic (exact) mass is 636 g/mol. The van der Waals surface area contributed by atoms with Crippen LogP contribution in [0.25, 0.3) is 99.0 Å². The van der Waals surface area contributed by atoms with Crippen molar-refractivity contribution in [3.63, 3.8) is 0 Å². The van der Waals surface area contributed by atoms with Crippen molar-refractivity contribution in [1.82, 2.24) is 19.1 Å². The first-order chi connectivity index (χ1) is 24.8. The highest BCUT2D eigenvalue weighted by molar-refractivity contribution is 6.21. The van der Waals surface area contributed by atoms with Crippen LogP contribution in [0.4, 0.5) is 0 Å². The fourth-order valence-electron chi connectivity index (χ4n) is 8.05.